The van der Waals surface area contributed by atoms with Crippen LogP contribution in [0, 0.1) is 5.82 Å². The SMILES string of the molecule is Fc1ccccc1CNc1cccc(-n2ccnc2)c1. The Morgan fingerprint density at radius 3 is 2.80 bits per heavy atom. The first kappa shape index (κ1) is 12.4. The molecule has 0 fully saturated rings. The molecule has 0 atom stereocenters. The number of hydrogen-bond acceptors (Lipinski definition) is 2. The molecular weight excluding hydrogens is 253 g/mol. The van der Waals surface area contributed by atoms with E-state index in [1.165, 1.54) is 6.07 Å². The summed E-state index contributed by atoms with van der Waals surface area (Å²) in [5, 5.41) is 3.23. The highest BCUT2D eigenvalue weighted by Gasteiger charge is 2.01. The molecule has 3 rings (SSSR count). The van der Waals surface area contributed by atoms with Crippen LogP contribution in [0.2, 0.25) is 0 Å². The minimum Gasteiger partial charge on any atom is -0.381 e. The molecule has 0 aliphatic carbocycles. The smallest absolute Gasteiger partial charge is 0.128 e. The van der Waals surface area contributed by atoms with E-state index < -0.39 is 0 Å². The van der Waals surface area contributed by atoms with Gasteiger partial charge < -0.3 is 9.88 Å². The molecular formula is C16H14FN3. The van der Waals surface area contributed by atoms with Crippen LogP contribution in [0.15, 0.2) is 67.3 Å². The van der Waals surface area contributed by atoms with Gasteiger partial charge in [-0.05, 0) is 24.3 Å². The molecule has 0 radical (unpaired) electrons. The van der Waals surface area contributed by atoms with E-state index >= 15 is 0 Å². The summed E-state index contributed by atoms with van der Waals surface area (Å²) in [5.41, 5.74) is 2.61. The number of halogens is 1. The maximum Gasteiger partial charge on any atom is 0.128 e. The second-order valence-corrected chi connectivity index (χ2v) is 4.47. The summed E-state index contributed by atoms with van der Waals surface area (Å²) in [5.74, 6) is -0.189. The number of hydrogen-bond donors (Lipinski definition) is 1. The predicted molar refractivity (Wildman–Crippen MR) is 77.3 cm³/mol. The Hall–Kier alpha value is -2.62. The van der Waals surface area contributed by atoms with Crippen molar-refractivity contribution in [3.63, 3.8) is 0 Å². The molecule has 2 aromatic carbocycles. The molecule has 1 N–H and O–H groups in total. The third-order valence-corrected chi connectivity index (χ3v) is 3.09. The number of aromatic nitrogens is 2. The van der Waals surface area contributed by atoms with Crippen molar-refractivity contribution >= 4 is 5.69 Å². The van der Waals surface area contributed by atoms with Gasteiger partial charge in [-0.25, -0.2) is 9.37 Å². The van der Waals surface area contributed by atoms with E-state index in [9.17, 15) is 4.39 Å². The van der Waals surface area contributed by atoms with Crippen LogP contribution in [0.25, 0.3) is 5.69 Å². The van der Waals surface area contributed by atoms with Crippen LogP contribution in [0.1, 0.15) is 5.56 Å². The van der Waals surface area contributed by atoms with Crippen molar-refractivity contribution in [1.29, 1.82) is 0 Å². The predicted octanol–water partition coefficient (Wildman–Crippen LogP) is 3.62. The van der Waals surface area contributed by atoms with E-state index in [2.05, 4.69) is 10.3 Å². The highest BCUT2D eigenvalue weighted by Crippen LogP contribution is 2.16. The lowest BCUT2D eigenvalue weighted by Crippen LogP contribution is -2.02. The number of rotatable bonds is 4. The standard InChI is InChI=1S/C16H14FN3/c17-16-7-2-1-4-13(16)11-19-14-5-3-6-15(10-14)20-9-8-18-12-20/h1-10,12,19H,11H2. The Labute approximate surface area is 116 Å². The fraction of sp³-hybridized carbons (Fsp3) is 0.0625. The first-order valence-electron chi connectivity index (χ1n) is 6.38. The monoisotopic (exact) mass is 267 g/mol. The van der Waals surface area contributed by atoms with Gasteiger partial charge in [0, 0.05) is 35.9 Å². The lowest BCUT2D eigenvalue weighted by molar-refractivity contribution is 0.613. The fourth-order valence-corrected chi connectivity index (χ4v) is 2.03. The van der Waals surface area contributed by atoms with Crippen molar-refractivity contribution in [3.05, 3.63) is 78.6 Å². The van der Waals surface area contributed by atoms with Gasteiger partial charge in [-0.1, -0.05) is 24.3 Å². The van der Waals surface area contributed by atoms with Crippen molar-refractivity contribution in [1.82, 2.24) is 9.55 Å². The largest absolute Gasteiger partial charge is 0.381 e. The molecule has 0 amide bonds. The van der Waals surface area contributed by atoms with Gasteiger partial charge in [-0.3, -0.25) is 0 Å². The molecule has 0 saturated carbocycles. The molecule has 0 spiro atoms. The average Bonchev–Trinajstić information content (AvgIpc) is 3.01. The highest BCUT2D eigenvalue weighted by molar-refractivity contribution is 5.51. The van der Waals surface area contributed by atoms with Gasteiger partial charge in [-0.15, -0.1) is 0 Å². The zero-order valence-electron chi connectivity index (χ0n) is 10.8. The van der Waals surface area contributed by atoms with Crippen LogP contribution in [0.5, 0.6) is 0 Å². The van der Waals surface area contributed by atoms with Crippen molar-refractivity contribution in [2.24, 2.45) is 0 Å². The molecule has 0 saturated heterocycles. The molecule has 20 heavy (non-hydrogen) atoms. The molecule has 0 bridgehead atoms. The highest BCUT2D eigenvalue weighted by atomic mass is 19.1. The summed E-state index contributed by atoms with van der Waals surface area (Å²) < 4.78 is 15.5. The topological polar surface area (TPSA) is 29.9 Å². The Bertz CT molecular complexity index is 692. The first-order chi connectivity index (χ1) is 9.83. The molecule has 4 heteroatoms. The van der Waals surface area contributed by atoms with Crippen molar-refractivity contribution < 1.29 is 4.39 Å². The summed E-state index contributed by atoms with van der Waals surface area (Å²) in [6.45, 7) is 0.458. The van der Waals surface area contributed by atoms with E-state index in [0.29, 0.717) is 12.1 Å². The number of nitrogens with one attached hydrogen (secondary N) is 1. The number of nitrogens with zero attached hydrogens (tertiary/aromatic N) is 2. The minimum absolute atomic E-state index is 0.189. The Morgan fingerprint density at radius 2 is 2.00 bits per heavy atom. The number of anilines is 1. The zero-order chi connectivity index (χ0) is 13.8. The van der Waals surface area contributed by atoms with Gasteiger partial charge >= 0.3 is 0 Å². The third-order valence-electron chi connectivity index (χ3n) is 3.09. The molecule has 1 aromatic heterocycles. The third kappa shape index (κ3) is 2.69. The van der Waals surface area contributed by atoms with Crippen LogP contribution in [-0.4, -0.2) is 9.55 Å². The van der Waals surface area contributed by atoms with Crippen LogP contribution in [0.3, 0.4) is 0 Å². The van der Waals surface area contributed by atoms with Gasteiger partial charge in [0.1, 0.15) is 5.82 Å². The van der Waals surface area contributed by atoms with Crippen molar-refractivity contribution in [2.45, 2.75) is 6.54 Å². The molecule has 3 aromatic rings. The normalized spacial score (nSPS) is 10.4. The Morgan fingerprint density at radius 1 is 1.10 bits per heavy atom. The molecule has 3 nitrogen and oxygen atoms in total. The summed E-state index contributed by atoms with van der Waals surface area (Å²) in [7, 11) is 0. The van der Waals surface area contributed by atoms with E-state index in [4.69, 9.17) is 0 Å². The van der Waals surface area contributed by atoms with Crippen LogP contribution < -0.4 is 5.32 Å². The lowest BCUT2D eigenvalue weighted by Gasteiger charge is -2.09. The van der Waals surface area contributed by atoms with Crippen molar-refractivity contribution in [2.75, 3.05) is 5.32 Å². The molecule has 1 heterocycles. The van der Waals surface area contributed by atoms with Gasteiger partial charge in [0.15, 0.2) is 0 Å². The Kier molecular flexibility index (Phi) is 3.46. The second kappa shape index (κ2) is 5.57. The fourth-order valence-electron chi connectivity index (χ4n) is 2.03. The number of benzene rings is 2. The summed E-state index contributed by atoms with van der Waals surface area (Å²) in [6, 6.07) is 14.7. The second-order valence-electron chi connectivity index (χ2n) is 4.47. The van der Waals surface area contributed by atoms with Crippen LogP contribution >= 0.6 is 0 Å². The molecule has 0 aliphatic rings. The summed E-state index contributed by atoms with van der Waals surface area (Å²) >= 11 is 0. The van der Waals surface area contributed by atoms with Gasteiger partial charge in [0.25, 0.3) is 0 Å². The van der Waals surface area contributed by atoms with Gasteiger partial charge in [-0.2, -0.15) is 0 Å². The average molecular weight is 267 g/mol. The molecule has 0 unspecified atom stereocenters. The maximum absolute atomic E-state index is 13.5. The molecule has 100 valence electrons. The van der Waals surface area contributed by atoms with Crippen LogP contribution in [-0.2, 0) is 6.54 Å². The van der Waals surface area contributed by atoms with E-state index in [-0.39, 0.29) is 5.82 Å². The first-order valence-corrected chi connectivity index (χ1v) is 6.38. The van der Waals surface area contributed by atoms with Gasteiger partial charge in [0.05, 0.1) is 6.33 Å². The maximum atomic E-state index is 13.5. The summed E-state index contributed by atoms with van der Waals surface area (Å²) in [4.78, 5) is 4.03. The van der Waals surface area contributed by atoms with Crippen molar-refractivity contribution in [3.8, 4) is 5.69 Å². The quantitative estimate of drug-likeness (QED) is 0.782. The lowest BCUT2D eigenvalue weighted by atomic mass is 10.2. The number of imidazole rings is 1. The van der Waals surface area contributed by atoms with E-state index in [0.717, 1.165) is 11.4 Å². The molecule has 0 aliphatic heterocycles. The van der Waals surface area contributed by atoms with E-state index in [1.54, 1.807) is 24.7 Å². The zero-order valence-corrected chi connectivity index (χ0v) is 10.8. The summed E-state index contributed by atoms with van der Waals surface area (Å²) in [6.07, 6.45) is 5.37. The Balaban J connectivity index is 1.75. The van der Waals surface area contributed by atoms with Gasteiger partial charge in [0.2, 0.25) is 0 Å². The van der Waals surface area contributed by atoms with Crippen LogP contribution in [0.4, 0.5) is 10.1 Å². The minimum atomic E-state index is -0.189. The van der Waals surface area contributed by atoms with E-state index in [1.807, 2.05) is 41.1 Å².